The van der Waals surface area contributed by atoms with Crippen LogP contribution >= 0.6 is 15.9 Å². The van der Waals surface area contributed by atoms with Crippen molar-refractivity contribution in [2.45, 2.75) is 18.6 Å². The number of rotatable bonds is 1. The Morgan fingerprint density at radius 3 is 2.92 bits per heavy atom. The number of halogens is 1. The van der Waals surface area contributed by atoms with Gasteiger partial charge in [0.15, 0.2) is 0 Å². The molecule has 1 aliphatic rings. The van der Waals surface area contributed by atoms with Crippen molar-refractivity contribution in [2.75, 3.05) is 6.54 Å². The van der Waals surface area contributed by atoms with E-state index in [1.807, 2.05) is 12.1 Å². The first-order valence-electron chi connectivity index (χ1n) is 4.42. The summed E-state index contributed by atoms with van der Waals surface area (Å²) in [5.74, 6) is 0. The molecular formula is C10H12BrNO. The van der Waals surface area contributed by atoms with Crippen LogP contribution in [-0.4, -0.2) is 17.8 Å². The maximum atomic E-state index is 9.36. The summed E-state index contributed by atoms with van der Waals surface area (Å²) in [4.78, 5) is 0. The number of hydrogen-bond donors (Lipinski definition) is 2. The summed E-state index contributed by atoms with van der Waals surface area (Å²) < 4.78 is 1.09. The second kappa shape index (κ2) is 3.78. The van der Waals surface area contributed by atoms with Gasteiger partial charge in [0.25, 0.3) is 0 Å². The highest BCUT2D eigenvalue weighted by atomic mass is 79.9. The number of aliphatic hydroxyl groups excluding tert-OH is 1. The van der Waals surface area contributed by atoms with E-state index in [9.17, 15) is 5.11 Å². The maximum Gasteiger partial charge on any atom is 0.0682 e. The molecule has 70 valence electrons. The van der Waals surface area contributed by atoms with Gasteiger partial charge in [-0.2, -0.15) is 0 Å². The first-order chi connectivity index (χ1) is 6.25. The number of nitrogens with one attached hydrogen (secondary N) is 1. The standard InChI is InChI=1S/C10H12BrNO/c11-8-3-1-2-7(4-8)10-5-9(13)6-12-10/h1-4,9-10,12-13H,5-6H2/t9-,10+/m1/s1. The fraction of sp³-hybridized carbons (Fsp3) is 0.400. The highest BCUT2D eigenvalue weighted by molar-refractivity contribution is 9.10. The molecule has 2 rings (SSSR count). The Bertz CT molecular complexity index is 303. The van der Waals surface area contributed by atoms with E-state index < -0.39 is 0 Å². The van der Waals surface area contributed by atoms with Gasteiger partial charge in [-0.15, -0.1) is 0 Å². The smallest absolute Gasteiger partial charge is 0.0682 e. The first kappa shape index (κ1) is 9.19. The number of hydrogen-bond acceptors (Lipinski definition) is 2. The Hall–Kier alpha value is -0.380. The van der Waals surface area contributed by atoms with Crippen LogP contribution in [0.15, 0.2) is 28.7 Å². The van der Waals surface area contributed by atoms with Gasteiger partial charge in [0.05, 0.1) is 6.10 Å². The minimum atomic E-state index is -0.191. The molecule has 2 N–H and O–H groups in total. The predicted octanol–water partition coefficient (Wildman–Crippen LogP) is 1.84. The summed E-state index contributed by atoms with van der Waals surface area (Å²) in [5.41, 5.74) is 1.24. The van der Waals surface area contributed by atoms with Gasteiger partial charge in [0, 0.05) is 17.1 Å². The van der Waals surface area contributed by atoms with E-state index >= 15 is 0 Å². The molecule has 0 aliphatic carbocycles. The summed E-state index contributed by atoms with van der Waals surface area (Å²) in [5, 5.41) is 12.6. The fourth-order valence-electron chi connectivity index (χ4n) is 1.69. The van der Waals surface area contributed by atoms with Crippen LogP contribution in [0.4, 0.5) is 0 Å². The van der Waals surface area contributed by atoms with Crippen LogP contribution < -0.4 is 5.32 Å². The molecule has 2 atom stereocenters. The number of aliphatic hydroxyl groups is 1. The zero-order valence-electron chi connectivity index (χ0n) is 7.20. The normalized spacial score (nSPS) is 27.8. The van der Waals surface area contributed by atoms with Crippen molar-refractivity contribution < 1.29 is 5.11 Å². The molecule has 1 aromatic carbocycles. The molecule has 3 heteroatoms. The van der Waals surface area contributed by atoms with Crippen molar-refractivity contribution in [3.05, 3.63) is 34.3 Å². The molecule has 0 radical (unpaired) electrons. The van der Waals surface area contributed by atoms with E-state index in [0.29, 0.717) is 12.6 Å². The van der Waals surface area contributed by atoms with Gasteiger partial charge in [-0.3, -0.25) is 0 Å². The topological polar surface area (TPSA) is 32.3 Å². The van der Waals surface area contributed by atoms with Gasteiger partial charge in [-0.25, -0.2) is 0 Å². The second-order valence-corrected chi connectivity index (χ2v) is 4.32. The van der Waals surface area contributed by atoms with Crippen LogP contribution in [0, 0.1) is 0 Å². The van der Waals surface area contributed by atoms with Crippen molar-refractivity contribution in [3.8, 4) is 0 Å². The lowest BCUT2D eigenvalue weighted by molar-refractivity contribution is 0.193. The largest absolute Gasteiger partial charge is 0.392 e. The van der Waals surface area contributed by atoms with Crippen molar-refractivity contribution in [3.63, 3.8) is 0 Å². The van der Waals surface area contributed by atoms with Gasteiger partial charge >= 0.3 is 0 Å². The average Bonchev–Trinajstić information content (AvgIpc) is 2.52. The number of β-amino-alcohol motifs (C(OH)–C–C–N with tert-alkyl or cyclic N) is 1. The van der Waals surface area contributed by atoms with Gasteiger partial charge in [0.1, 0.15) is 0 Å². The Kier molecular flexibility index (Phi) is 2.67. The molecule has 1 heterocycles. The molecule has 0 saturated carbocycles. The second-order valence-electron chi connectivity index (χ2n) is 3.41. The minimum absolute atomic E-state index is 0.191. The molecule has 0 spiro atoms. The quantitative estimate of drug-likeness (QED) is 0.787. The Labute approximate surface area is 86.1 Å². The van der Waals surface area contributed by atoms with Crippen molar-refractivity contribution >= 4 is 15.9 Å². The van der Waals surface area contributed by atoms with E-state index in [4.69, 9.17) is 0 Å². The third-order valence-corrected chi connectivity index (χ3v) is 2.85. The molecule has 0 bridgehead atoms. The van der Waals surface area contributed by atoms with Gasteiger partial charge in [-0.05, 0) is 24.1 Å². The lowest BCUT2D eigenvalue weighted by atomic mass is 10.1. The molecule has 1 fully saturated rings. The third kappa shape index (κ3) is 2.10. The minimum Gasteiger partial charge on any atom is -0.392 e. The van der Waals surface area contributed by atoms with Gasteiger partial charge in [0.2, 0.25) is 0 Å². The van der Waals surface area contributed by atoms with E-state index in [1.165, 1.54) is 5.56 Å². The van der Waals surface area contributed by atoms with E-state index in [0.717, 1.165) is 10.9 Å². The van der Waals surface area contributed by atoms with Gasteiger partial charge in [-0.1, -0.05) is 28.1 Å². The summed E-state index contributed by atoms with van der Waals surface area (Å²) in [7, 11) is 0. The molecule has 1 aliphatic heterocycles. The molecule has 0 amide bonds. The highest BCUT2D eigenvalue weighted by Gasteiger charge is 2.22. The molecule has 1 saturated heterocycles. The summed E-state index contributed by atoms with van der Waals surface area (Å²) in [6, 6.07) is 8.52. The molecular weight excluding hydrogens is 230 g/mol. The zero-order chi connectivity index (χ0) is 9.26. The molecule has 0 unspecified atom stereocenters. The molecule has 2 nitrogen and oxygen atoms in total. The van der Waals surface area contributed by atoms with Crippen molar-refractivity contribution in [2.24, 2.45) is 0 Å². The van der Waals surface area contributed by atoms with E-state index in [-0.39, 0.29) is 6.10 Å². The molecule has 1 aromatic rings. The first-order valence-corrected chi connectivity index (χ1v) is 5.22. The average molecular weight is 242 g/mol. The van der Waals surface area contributed by atoms with Crippen LogP contribution in [0.2, 0.25) is 0 Å². The summed E-state index contributed by atoms with van der Waals surface area (Å²) >= 11 is 3.43. The van der Waals surface area contributed by atoms with Crippen molar-refractivity contribution in [1.29, 1.82) is 0 Å². The summed E-state index contributed by atoms with van der Waals surface area (Å²) in [6.07, 6.45) is 0.625. The zero-order valence-corrected chi connectivity index (χ0v) is 8.79. The van der Waals surface area contributed by atoms with Crippen LogP contribution in [0.1, 0.15) is 18.0 Å². The SMILES string of the molecule is O[C@H]1CN[C@H](c2cccc(Br)c2)C1. The Morgan fingerprint density at radius 2 is 2.31 bits per heavy atom. The predicted molar refractivity (Wildman–Crippen MR) is 55.5 cm³/mol. The third-order valence-electron chi connectivity index (χ3n) is 2.36. The Balaban J connectivity index is 2.16. The maximum absolute atomic E-state index is 9.36. The van der Waals surface area contributed by atoms with Crippen LogP contribution in [-0.2, 0) is 0 Å². The van der Waals surface area contributed by atoms with Crippen LogP contribution in [0.5, 0.6) is 0 Å². The van der Waals surface area contributed by atoms with Crippen molar-refractivity contribution in [1.82, 2.24) is 5.32 Å². The molecule has 13 heavy (non-hydrogen) atoms. The van der Waals surface area contributed by atoms with Gasteiger partial charge < -0.3 is 10.4 Å². The van der Waals surface area contributed by atoms with Crippen LogP contribution in [0.25, 0.3) is 0 Å². The lowest BCUT2D eigenvalue weighted by Gasteiger charge is -2.10. The van der Waals surface area contributed by atoms with Crippen LogP contribution in [0.3, 0.4) is 0 Å². The Morgan fingerprint density at radius 1 is 1.46 bits per heavy atom. The van der Waals surface area contributed by atoms with E-state index in [1.54, 1.807) is 0 Å². The number of benzene rings is 1. The highest BCUT2D eigenvalue weighted by Crippen LogP contribution is 2.25. The molecule has 0 aromatic heterocycles. The monoisotopic (exact) mass is 241 g/mol. The fourth-order valence-corrected chi connectivity index (χ4v) is 2.11. The summed E-state index contributed by atoms with van der Waals surface area (Å²) in [6.45, 7) is 0.706. The lowest BCUT2D eigenvalue weighted by Crippen LogP contribution is -2.14. The van der Waals surface area contributed by atoms with E-state index in [2.05, 4.69) is 33.4 Å².